The van der Waals surface area contributed by atoms with Gasteiger partial charge in [0.1, 0.15) is 0 Å². The summed E-state index contributed by atoms with van der Waals surface area (Å²) in [6.45, 7) is 33.7. The lowest BCUT2D eigenvalue weighted by Crippen LogP contribution is -2.06. The summed E-state index contributed by atoms with van der Waals surface area (Å²) in [6.07, 6.45) is 62.2. The van der Waals surface area contributed by atoms with Crippen LogP contribution < -0.4 is 0 Å². The predicted molar refractivity (Wildman–Crippen MR) is 319 cm³/mol. The van der Waals surface area contributed by atoms with Crippen LogP contribution >= 0.6 is 0 Å². The second kappa shape index (κ2) is 58.6. The van der Waals surface area contributed by atoms with E-state index in [4.69, 9.17) is 0 Å². The maximum absolute atomic E-state index is 2.40. The normalized spacial score (nSPS) is 23.5. The summed E-state index contributed by atoms with van der Waals surface area (Å²) in [6, 6.07) is 0. The zero-order chi connectivity index (χ0) is 49.2. The number of hydrogen-bond donors (Lipinski definition) is 0. The van der Waals surface area contributed by atoms with Crippen LogP contribution in [-0.2, 0) is 0 Å². The van der Waals surface area contributed by atoms with E-state index in [1.807, 2.05) is 27.7 Å². The topological polar surface area (TPSA) is 0 Å². The molecule has 0 aromatic heterocycles. The van der Waals surface area contributed by atoms with E-state index in [0.717, 1.165) is 41.4 Å². The largest absolute Gasteiger partial charge is 0.0776 e. The van der Waals surface area contributed by atoms with Gasteiger partial charge >= 0.3 is 0 Å². The minimum absolute atomic E-state index is 0. The van der Waals surface area contributed by atoms with Gasteiger partial charge in [-0.05, 0) is 53.3 Å². The van der Waals surface area contributed by atoms with Gasteiger partial charge in [-0.1, -0.05) is 382 Å². The van der Waals surface area contributed by atoms with Crippen LogP contribution in [0.1, 0.15) is 388 Å². The van der Waals surface area contributed by atoms with Crippen LogP contribution in [0, 0.1) is 46.8 Å². The van der Waals surface area contributed by atoms with E-state index in [0.29, 0.717) is 5.41 Å². The van der Waals surface area contributed by atoms with E-state index in [-0.39, 0.29) is 14.9 Å². The molecule has 6 rings (SSSR count). The van der Waals surface area contributed by atoms with Crippen LogP contribution in [0.25, 0.3) is 0 Å². The molecule has 0 aromatic carbocycles. The first-order valence-electron chi connectivity index (χ1n) is 31.3. The third-order valence-corrected chi connectivity index (χ3v) is 15.7. The molecular formula is C67H144. The summed E-state index contributed by atoms with van der Waals surface area (Å²) < 4.78 is 0. The Kier molecular flexibility index (Phi) is 66.4. The fraction of sp³-hybridized carbons (Fsp3) is 1.00. The molecule has 0 heteroatoms. The Morgan fingerprint density at radius 2 is 0.343 bits per heavy atom. The second-order valence-electron chi connectivity index (χ2n) is 24.2. The molecule has 0 amide bonds. The maximum Gasteiger partial charge on any atom is -0.0385 e. The first-order chi connectivity index (χ1) is 31.3. The van der Waals surface area contributed by atoms with Crippen molar-refractivity contribution in [1.82, 2.24) is 0 Å². The molecule has 6 fully saturated rings. The van der Waals surface area contributed by atoms with Gasteiger partial charge in [0.2, 0.25) is 0 Å². The van der Waals surface area contributed by atoms with E-state index in [1.165, 1.54) is 270 Å². The molecule has 0 N–H and O–H groups in total. The summed E-state index contributed by atoms with van der Waals surface area (Å²) in [4.78, 5) is 0. The predicted octanol–water partition coefficient (Wildman–Crippen LogP) is 26.2. The Morgan fingerprint density at radius 1 is 0.239 bits per heavy atom. The van der Waals surface area contributed by atoms with Crippen molar-refractivity contribution in [2.24, 2.45) is 46.8 Å². The molecule has 0 spiro atoms. The Bertz CT molecular complexity index is 667. The van der Waals surface area contributed by atoms with E-state index >= 15 is 0 Å². The quantitative estimate of drug-likeness (QED) is 0.227. The molecule has 0 aliphatic heterocycles. The molecule has 0 radical (unpaired) electrons. The molecule has 0 heterocycles. The SMILES string of the molecule is C.C.CC.CC.CC1CCCCCC(C)C1.CC1CCCCCCC1.CC1CCCCCCC1.CC1CCCCCCC1.CC1CCCCCCC1.CC1CCCCCCC1.CCC(C)(C)C. The van der Waals surface area contributed by atoms with Gasteiger partial charge in [0.05, 0.1) is 0 Å². The van der Waals surface area contributed by atoms with Gasteiger partial charge in [0, 0.05) is 0 Å². The average molecular weight is 950 g/mol. The van der Waals surface area contributed by atoms with E-state index in [2.05, 4.69) is 76.2 Å². The van der Waals surface area contributed by atoms with Crippen LogP contribution in [0.2, 0.25) is 0 Å². The highest BCUT2D eigenvalue weighted by atomic mass is 14.2. The second-order valence-corrected chi connectivity index (χ2v) is 24.2. The fourth-order valence-electron chi connectivity index (χ4n) is 10.4. The summed E-state index contributed by atoms with van der Waals surface area (Å²) in [7, 11) is 0. The summed E-state index contributed by atoms with van der Waals surface area (Å²) >= 11 is 0. The van der Waals surface area contributed by atoms with Crippen molar-refractivity contribution in [3.63, 3.8) is 0 Å². The molecular weight excluding hydrogens is 805 g/mol. The zero-order valence-corrected chi connectivity index (χ0v) is 49.2. The molecule has 6 aliphatic carbocycles. The number of rotatable bonds is 0. The molecule has 0 bridgehead atoms. The Balaban J connectivity index is -0.000000220. The summed E-state index contributed by atoms with van der Waals surface area (Å²) in [5.74, 6) is 7.09. The highest BCUT2D eigenvalue weighted by molar-refractivity contribution is 4.65. The zero-order valence-electron chi connectivity index (χ0n) is 49.2. The Labute approximate surface area is 433 Å². The standard InChI is InChI=1S/C10H20.5C9H18.C6H14.2C2H6.2CH4/c1-9-6-4-3-5-7-10(2)8-9;5*1-9-7-5-3-2-4-6-8-9;1-5-6(2,3)4;2*1-2;;/h9-10H,3-8H2,1-2H3;5*9H,2-8H2,1H3;5H2,1-4H3;2*1-2H3;2*1H4. The number of hydrogen-bond acceptors (Lipinski definition) is 0. The van der Waals surface area contributed by atoms with E-state index in [1.54, 1.807) is 0 Å². The molecule has 0 saturated heterocycles. The average Bonchev–Trinajstić information content (AvgIpc) is 3.24. The third-order valence-electron chi connectivity index (χ3n) is 15.7. The van der Waals surface area contributed by atoms with Crippen molar-refractivity contribution in [2.45, 2.75) is 388 Å². The van der Waals surface area contributed by atoms with Crippen LogP contribution in [0.5, 0.6) is 0 Å². The van der Waals surface area contributed by atoms with Crippen LogP contribution in [-0.4, -0.2) is 0 Å². The van der Waals surface area contributed by atoms with Gasteiger partial charge in [-0.3, -0.25) is 0 Å². The van der Waals surface area contributed by atoms with Crippen LogP contribution in [0.15, 0.2) is 0 Å². The van der Waals surface area contributed by atoms with Gasteiger partial charge < -0.3 is 0 Å². The highest BCUT2D eigenvalue weighted by Gasteiger charge is 2.12. The Hall–Kier alpha value is 0. The molecule has 6 saturated carbocycles. The molecule has 412 valence electrons. The third kappa shape index (κ3) is 64.0. The maximum atomic E-state index is 2.40. The molecule has 67 heavy (non-hydrogen) atoms. The van der Waals surface area contributed by atoms with Crippen molar-refractivity contribution in [1.29, 1.82) is 0 Å². The van der Waals surface area contributed by atoms with Gasteiger partial charge in [-0.15, -0.1) is 0 Å². The van der Waals surface area contributed by atoms with Gasteiger partial charge in [0.15, 0.2) is 0 Å². The smallest absolute Gasteiger partial charge is 0.0385 e. The Morgan fingerprint density at radius 3 is 0.478 bits per heavy atom. The molecule has 0 aromatic rings. The lowest BCUT2D eigenvalue weighted by molar-refractivity contribution is 0.329. The minimum Gasteiger partial charge on any atom is -0.0776 e. The molecule has 2 atom stereocenters. The van der Waals surface area contributed by atoms with Crippen molar-refractivity contribution >= 4 is 0 Å². The van der Waals surface area contributed by atoms with Crippen molar-refractivity contribution in [3.8, 4) is 0 Å². The minimum atomic E-state index is 0. The summed E-state index contributed by atoms with van der Waals surface area (Å²) in [5.41, 5.74) is 0.542. The van der Waals surface area contributed by atoms with Crippen LogP contribution in [0.4, 0.5) is 0 Å². The van der Waals surface area contributed by atoms with Gasteiger partial charge in [-0.2, -0.15) is 0 Å². The van der Waals surface area contributed by atoms with E-state index < -0.39 is 0 Å². The van der Waals surface area contributed by atoms with Crippen molar-refractivity contribution in [2.75, 3.05) is 0 Å². The van der Waals surface area contributed by atoms with Crippen molar-refractivity contribution < 1.29 is 0 Å². The lowest BCUT2D eigenvalue weighted by atomic mass is 9.86. The summed E-state index contributed by atoms with van der Waals surface area (Å²) in [5, 5.41) is 0. The monoisotopic (exact) mass is 949 g/mol. The van der Waals surface area contributed by atoms with Gasteiger partial charge in [-0.25, -0.2) is 0 Å². The van der Waals surface area contributed by atoms with Crippen molar-refractivity contribution in [3.05, 3.63) is 0 Å². The fourth-order valence-corrected chi connectivity index (χ4v) is 10.4. The highest BCUT2D eigenvalue weighted by Crippen LogP contribution is 2.27. The lowest BCUT2D eigenvalue weighted by Gasteiger charge is -2.20. The van der Waals surface area contributed by atoms with Gasteiger partial charge in [0.25, 0.3) is 0 Å². The molecule has 2 unspecified atom stereocenters. The first kappa shape index (κ1) is 75.9. The first-order valence-corrected chi connectivity index (χ1v) is 31.3. The molecule has 0 nitrogen and oxygen atoms in total. The van der Waals surface area contributed by atoms with Crippen LogP contribution in [0.3, 0.4) is 0 Å². The molecule has 6 aliphatic rings. The van der Waals surface area contributed by atoms with E-state index in [9.17, 15) is 0 Å².